The number of carbonyl (C=O) groups is 1. The zero-order chi connectivity index (χ0) is 12.0. The van der Waals surface area contributed by atoms with Gasteiger partial charge in [-0.3, -0.25) is 14.6 Å². The molecule has 0 aromatic heterocycles. The van der Waals surface area contributed by atoms with Gasteiger partial charge in [0.25, 0.3) is 0 Å². The molecule has 5 heteroatoms. The Balaban J connectivity index is 2.32. The summed E-state index contributed by atoms with van der Waals surface area (Å²) in [5.74, 6) is -0.239. The number of primary amides is 1. The highest BCUT2D eigenvalue weighted by molar-refractivity contribution is 5.75. The summed E-state index contributed by atoms with van der Waals surface area (Å²) in [4.78, 5) is 15.3. The highest BCUT2D eigenvalue weighted by Gasteiger charge is 2.22. The first-order valence-corrected chi connectivity index (χ1v) is 6.12. The van der Waals surface area contributed by atoms with Gasteiger partial charge in [-0.1, -0.05) is 13.3 Å². The molecule has 1 unspecified atom stereocenters. The number of hydrogen-bond acceptors (Lipinski definition) is 4. The van der Waals surface area contributed by atoms with Crippen molar-refractivity contribution >= 4 is 5.91 Å². The fraction of sp³-hybridized carbons (Fsp3) is 0.909. The summed E-state index contributed by atoms with van der Waals surface area (Å²) in [6.07, 6.45) is 2.33. The summed E-state index contributed by atoms with van der Waals surface area (Å²) in [6, 6.07) is 0.501. The van der Waals surface area contributed by atoms with E-state index in [2.05, 4.69) is 16.7 Å². The normalized spacial score (nSPS) is 20.9. The van der Waals surface area contributed by atoms with Crippen molar-refractivity contribution in [1.82, 2.24) is 9.80 Å². The molecule has 1 atom stereocenters. The molecule has 0 radical (unpaired) electrons. The van der Waals surface area contributed by atoms with Crippen molar-refractivity contribution < 1.29 is 4.79 Å². The van der Waals surface area contributed by atoms with Crippen LogP contribution in [0.1, 0.15) is 19.8 Å². The average molecular weight is 228 g/mol. The Morgan fingerprint density at radius 3 is 2.38 bits per heavy atom. The lowest BCUT2D eigenvalue weighted by molar-refractivity contribution is -0.119. The molecule has 1 aliphatic rings. The van der Waals surface area contributed by atoms with Crippen LogP contribution in [0.4, 0.5) is 0 Å². The molecule has 1 aliphatic heterocycles. The minimum absolute atomic E-state index is 0.239. The zero-order valence-electron chi connectivity index (χ0n) is 10.2. The molecule has 0 bridgehead atoms. The van der Waals surface area contributed by atoms with Gasteiger partial charge in [-0.05, 0) is 6.42 Å². The van der Waals surface area contributed by atoms with E-state index in [9.17, 15) is 4.79 Å². The lowest BCUT2D eigenvalue weighted by atomic mass is 10.1. The fourth-order valence-corrected chi connectivity index (χ4v) is 2.29. The Hall–Kier alpha value is -0.650. The van der Waals surface area contributed by atoms with Gasteiger partial charge in [0.2, 0.25) is 5.91 Å². The molecular formula is C11H24N4O. The lowest BCUT2D eigenvalue weighted by Crippen LogP contribution is -2.53. The molecule has 4 N–H and O–H groups in total. The molecular weight excluding hydrogens is 204 g/mol. The van der Waals surface area contributed by atoms with Crippen LogP contribution in [0.2, 0.25) is 0 Å². The van der Waals surface area contributed by atoms with E-state index < -0.39 is 0 Å². The largest absolute Gasteiger partial charge is 0.369 e. The van der Waals surface area contributed by atoms with E-state index in [0.29, 0.717) is 12.6 Å². The maximum absolute atomic E-state index is 10.8. The monoisotopic (exact) mass is 228 g/mol. The van der Waals surface area contributed by atoms with E-state index in [1.807, 2.05) is 0 Å². The number of nitrogens with zero attached hydrogens (tertiary/aromatic N) is 2. The minimum Gasteiger partial charge on any atom is -0.369 e. The van der Waals surface area contributed by atoms with Gasteiger partial charge in [0.1, 0.15) is 0 Å². The minimum atomic E-state index is -0.239. The third-order valence-electron chi connectivity index (χ3n) is 3.20. The summed E-state index contributed by atoms with van der Waals surface area (Å²) in [5.41, 5.74) is 11.0. The molecule has 1 saturated heterocycles. The van der Waals surface area contributed by atoms with Crippen LogP contribution in [0.15, 0.2) is 0 Å². The smallest absolute Gasteiger partial charge is 0.231 e. The summed E-state index contributed by atoms with van der Waals surface area (Å²) in [5, 5.41) is 0. The van der Waals surface area contributed by atoms with E-state index >= 15 is 0 Å². The Morgan fingerprint density at radius 1 is 1.31 bits per heavy atom. The summed E-state index contributed by atoms with van der Waals surface area (Å²) >= 11 is 0. The van der Waals surface area contributed by atoms with Crippen LogP contribution < -0.4 is 11.5 Å². The summed E-state index contributed by atoms with van der Waals surface area (Å²) in [6.45, 7) is 7.13. The van der Waals surface area contributed by atoms with Crippen LogP contribution in [0.3, 0.4) is 0 Å². The third-order valence-corrected chi connectivity index (χ3v) is 3.20. The van der Waals surface area contributed by atoms with Gasteiger partial charge >= 0.3 is 0 Å². The number of rotatable bonds is 6. The predicted molar refractivity (Wildman–Crippen MR) is 65.0 cm³/mol. The second kappa shape index (κ2) is 6.83. The van der Waals surface area contributed by atoms with Crippen molar-refractivity contribution in [2.75, 3.05) is 39.3 Å². The fourth-order valence-electron chi connectivity index (χ4n) is 2.29. The Bertz CT molecular complexity index is 214. The first-order valence-electron chi connectivity index (χ1n) is 6.12. The van der Waals surface area contributed by atoms with Crippen molar-refractivity contribution in [3.8, 4) is 0 Å². The molecule has 94 valence electrons. The van der Waals surface area contributed by atoms with Gasteiger partial charge in [-0.2, -0.15) is 0 Å². The standard InChI is InChI=1S/C11H24N4O/c1-2-3-10(8-12)15-6-4-14(5-7-15)9-11(13)16/h10H,2-9,12H2,1H3,(H2,13,16). The molecule has 0 aromatic rings. The highest BCUT2D eigenvalue weighted by Crippen LogP contribution is 2.09. The van der Waals surface area contributed by atoms with E-state index in [4.69, 9.17) is 11.5 Å². The van der Waals surface area contributed by atoms with Gasteiger partial charge in [0, 0.05) is 38.8 Å². The maximum atomic E-state index is 10.8. The van der Waals surface area contributed by atoms with Crippen LogP contribution >= 0.6 is 0 Å². The molecule has 0 saturated carbocycles. The number of hydrogen-bond donors (Lipinski definition) is 2. The highest BCUT2D eigenvalue weighted by atomic mass is 16.1. The second-order valence-corrected chi connectivity index (χ2v) is 4.46. The quantitative estimate of drug-likeness (QED) is 0.625. The van der Waals surface area contributed by atoms with Crippen LogP contribution in [0.5, 0.6) is 0 Å². The molecule has 1 rings (SSSR count). The SMILES string of the molecule is CCCC(CN)N1CCN(CC(N)=O)CC1. The predicted octanol–water partition coefficient (Wildman–Crippen LogP) is -0.783. The van der Waals surface area contributed by atoms with Crippen molar-refractivity contribution in [1.29, 1.82) is 0 Å². The van der Waals surface area contributed by atoms with Gasteiger partial charge in [-0.25, -0.2) is 0 Å². The first-order chi connectivity index (χ1) is 7.67. The van der Waals surface area contributed by atoms with Crippen molar-refractivity contribution in [3.05, 3.63) is 0 Å². The first kappa shape index (κ1) is 13.4. The van der Waals surface area contributed by atoms with Crippen molar-refractivity contribution in [2.24, 2.45) is 11.5 Å². The number of piperazine rings is 1. The van der Waals surface area contributed by atoms with Crippen LogP contribution in [-0.4, -0.2) is 61.0 Å². The number of nitrogens with two attached hydrogens (primary N) is 2. The molecule has 1 amide bonds. The van der Waals surface area contributed by atoms with Crippen molar-refractivity contribution in [3.63, 3.8) is 0 Å². The summed E-state index contributed by atoms with van der Waals surface area (Å²) < 4.78 is 0. The zero-order valence-corrected chi connectivity index (χ0v) is 10.2. The van der Waals surface area contributed by atoms with Crippen LogP contribution in [0, 0.1) is 0 Å². The molecule has 1 heterocycles. The Labute approximate surface area is 97.7 Å². The lowest BCUT2D eigenvalue weighted by Gasteiger charge is -2.38. The Kier molecular flexibility index (Phi) is 5.73. The van der Waals surface area contributed by atoms with Gasteiger partial charge < -0.3 is 11.5 Å². The van der Waals surface area contributed by atoms with Gasteiger partial charge in [0.15, 0.2) is 0 Å². The van der Waals surface area contributed by atoms with E-state index in [1.165, 1.54) is 6.42 Å². The van der Waals surface area contributed by atoms with Gasteiger partial charge in [-0.15, -0.1) is 0 Å². The van der Waals surface area contributed by atoms with E-state index in [-0.39, 0.29) is 5.91 Å². The number of amides is 1. The Morgan fingerprint density at radius 2 is 1.94 bits per heavy atom. The van der Waals surface area contributed by atoms with Crippen LogP contribution in [0.25, 0.3) is 0 Å². The average Bonchev–Trinajstić information content (AvgIpc) is 2.26. The summed E-state index contributed by atoms with van der Waals surface area (Å²) in [7, 11) is 0. The molecule has 0 spiro atoms. The van der Waals surface area contributed by atoms with Crippen molar-refractivity contribution in [2.45, 2.75) is 25.8 Å². The second-order valence-electron chi connectivity index (χ2n) is 4.46. The van der Waals surface area contributed by atoms with Crippen LogP contribution in [-0.2, 0) is 4.79 Å². The molecule has 5 nitrogen and oxygen atoms in total. The van der Waals surface area contributed by atoms with E-state index in [1.54, 1.807) is 0 Å². The maximum Gasteiger partial charge on any atom is 0.231 e. The van der Waals surface area contributed by atoms with E-state index in [0.717, 1.165) is 39.1 Å². The molecule has 0 aromatic carbocycles. The molecule has 16 heavy (non-hydrogen) atoms. The molecule has 1 fully saturated rings. The topological polar surface area (TPSA) is 75.6 Å². The van der Waals surface area contributed by atoms with Gasteiger partial charge in [0.05, 0.1) is 6.54 Å². The number of carbonyl (C=O) groups excluding carboxylic acids is 1. The molecule has 0 aliphatic carbocycles. The third kappa shape index (κ3) is 4.08.